The van der Waals surface area contributed by atoms with Crippen molar-refractivity contribution in [2.75, 3.05) is 29.5 Å². The molecule has 0 spiro atoms. The molecular weight excluding hydrogens is 691 g/mol. The Morgan fingerprint density at radius 2 is 1.96 bits per heavy atom. The first kappa shape index (κ1) is 34.0. The average Bonchev–Trinajstić information content (AvgIpc) is 3.44. The number of aryl methyl sites for hydroxylation is 1. The summed E-state index contributed by atoms with van der Waals surface area (Å²) in [5, 5.41) is 18.8. The largest absolute Gasteiger partial charge is 0.458 e. The lowest BCUT2D eigenvalue weighted by molar-refractivity contribution is -0.172. The van der Waals surface area contributed by atoms with Crippen LogP contribution in [0.1, 0.15) is 73.0 Å². The van der Waals surface area contributed by atoms with Crippen molar-refractivity contribution >= 4 is 62.0 Å². The van der Waals surface area contributed by atoms with E-state index in [0.29, 0.717) is 54.3 Å². The topological polar surface area (TPSA) is 170 Å². The van der Waals surface area contributed by atoms with E-state index in [-0.39, 0.29) is 64.1 Å². The fourth-order valence-corrected chi connectivity index (χ4v) is 9.27. The van der Waals surface area contributed by atoms with Crippen molar-refractivity contribution in [2.24, 2.45) is 5.73 Å². The maximum Gasteiger partial charge on any atom is 0.343 e. The number of pyridine rings is 2. The number of nitrogens with one attached hydrogen (secondary N) is 2. The summed E-state index contributed by atoms with van der Waals surface area (Å²) in [6.07, 6.45) is 1.19. The van der Waals surface area contributed by atoms with E-state index in [0.717, 1.165) is 27.8 Å². The zero-order valence-corrected chi connectivity index (χ0v) is 29.8. The number of rotatable bonds is 10. The van der Waals surface area contributed by atoms with E-state index in [2.05, 4.69) is 39.4 Å². The predicted octanol–water partition coefficient (Wildman–Crippen LogP) is 5.00. The molecule has 0 saturated heterocycles. The summed E-state index contributed by atoms with van der Waals surface area (Å²) < 4.78 is 22.1. The van der Waals surface area contributed by atoms with Gasteiger partial charge in [0.1, 0.15) is 12.4 Å². The summed E-state index contributed by atoms with van der Waals surface area (Å²) in [5.74, 6) is 0.229. The highest BCUT2D eigenvalue weighted by molar-refractivity contribution is 8.77. The Kier molecular flexibility index (Phi) is 8.79. The monoisotopic (exact) mass is 726 g/mol. The highest BCUT2D eigenvalue weighted by atomic mass is 35.5. The number of hydrogen-bond donors (Lipinski definition) is 4. The standard InChI is InChI=1S/C33H36ClFN8O4S2/c1-5-33(46)19-10-23-26-17(12-43(23)27(44)18(19)13-47-28(33)45)25-21(7-6-16-15(2)20(35)11-22(38-26)24(16)25)39-31-41-29(34)40-30(42-31)37-8-9-48-49-32(3,4)14-36/h10-11,21,46H,5-9,12-14,36H2,1-4H3,(H2,37,39,40,41,42)/t21-,33-/m0/s1. The van der Waals surface area contributed by atoms with Gasteiger partial charge < -0.3 is 30.8 Å². The number of aromatic nitrogens is 5. The van der Waals surface area contributed by atoms with Gasteiger partial charge in [0.05, 0.1) is 35.1 Å². The second kappa shape index (κ2) is 12.7. The molecule has 5 heterocycles. The van der Waals surface area contributed by atoms with Crippen molar-refractivity contribution in [1.29, 1.82) is 0 Å². The molecule has 2 aliphatic heterocycles. The number of halogens is 2. The van der Waals surface area contributed by atoms with Gasteiger partial charge in [0.2, 0.25) is 17.2 Å². The third-order valence-electron chi connectivity index (χ3n) is 9.53. The molecule has 7 rings (SSSR count). The normalized spacial score (nSPS) is 19.3. The third-order valence-corrected chi connectivity index (χ3v) is 13.0. The Morgan fingerprint density at radius 3 is 2.71 bits per heavy atom. The molecule has 2 atom stereocenters. The number of anilines is 2. The number of fused-ring (bicyclic) bond motifs is 5. The first-order chi connectivity index (χ1) is 23.3. The Balaban J connectivity index is 1.27. The maximum atomic E-state index is 15.3. The van der Waals surface area contributed by atoms with E-state index in [4.69, 9.17) is 27.1 Å². The second-order valence-electron chi connectivity index (χ2n) is 13.1. The van der Waals surface area contributed by atoms with Gasteiger partial charge in [0.25, 0.3) is 5.56 Å². The molecule has 258 valence electrons. The van der Waals surface area contributed by atoms with Crippen LogP contribution < -0.4 is 21.9 Å². The predicted molar refractivity (Wildman–Crippen MR) is 190 cm³/mol. The third kappa shape index (κ3) is 5.82. The van der Waals surface area contributed by atoms with Gasteiger partial charge in [-0.2, -0.15) is 15.0 Å². The SMILES string of the molecule is CC[C@@]1(O)C(=O)OCc2c1cc1n(c2=O)Cc2c-1nc1cc(F)c(C)c3c1c2[C@@H](Nc1nc(Cl)nc(NCCSSC(C)(C)CN)n1)CC3. The molecule has 1 aliphatic carbocycles. The Morgan fingerprint density at radius 1 is 1.18 bits per heavy atom. The van der Waals surface area contributed by atoms with Crippen LogP contribution >= 0.6 is 33.2 Å². The Hall–Kier alpha value is -3.50. The van der Waals surface area contributed by atoms with Crippen LogP contribution in [0.25, 0.3) is 22.3 Å². The summed E-state index contributed by atoms with van der Waals surface area (Å²) in [5.41, 5.74) is 8.43. The van der Waals surface area contributed by atoms with Crippen molar-refractivity contribution in [3.63, 3.8) is 0 Å². The summed E-state index contributed by atoms with van der Waals surface area (Å²) in [7, 11) is 3.44. The van der Waals surface area contributed by atoms with Crippen molar-refractivity contribution in [3.8, 4) is 11.4 Å². The molecule has 0 amide bonds. The first-order valence-electron chi connectivity index (χ1n) is 16.1. The molecular formula is C33H36ClFN8O4S2. The number of ether oxygens (including phenoxy) is 1. The molecule has 16 heteroatoms. The van der Waals surface area contributed by atoms with Crippen LogP contribution in [-0.2, 0) is 34.7 Å². The maximum absolute atomic E-state index is 15.3. The molecule has 4 aromatic rings. The molecule has 0 fully saturated rings. The molecule has 0 unspecified atom stereocenters. The van der Waals surface area contributed by atoms with Gasteiger partial charge in [-0.05, 0) is 74.4 Å². The lowest BCUT2D eigenvalue weighted by atomic mass is 9.81. The summed E-state index contributed by atoms with van der Waals surface area (Å²) in [6.45, 7) is 8.76. The fourth-order valence-electron chi connectivity index (χ4n) is 6.79. The Bertz CT molecular complexity index is 2100. The van der Waals surface area contributed by atoms with Crippen molar-refractivity contribution in [2.45, 2.75) is 76.5 Å². The molecule has 12 nitrogen and oxygen atoms in total. The van der Waals surface area contributed by atoms with Crippen molar-refractivity contribution in [3.05, 3.63) is 67.0 Å². The van der Waals surface area contributed by atoms with Crippen molar-refractivity contribution in [1.82, 2.24) is 24.5 Å². The van der Waals surface area contributed by atoms with Gasteiger partial charge in [-0.1, -0.05) is 28.5 Å². The fraction of sp³-hybridized carbons (Fsp3) is 0.455. The van der Waals surface area contributed by atoms with Crippen LogP contribution in [0.4, 0.5) is 16.3 Å². The van der Waals surface area contributed by atoms with Gasteiger partial charge in [0.15, 0.2) is 5.60 Å². The van der Waals surface area contributed by atoms with Crippen LogP contribution in [-0.4, -0.2) is 59.2 Å². The first-order valence-corrected chi connectivity index (χ1v) is 18.8. The quantitative estimate of drug-likeness (QED) is 0.0863. The van der Waals surface area contributed by atoms with E-state index in [1.165, 1.54) is 6.07 Å². The van der Waals surface area contributed by atoms with Gasteiger partial charge >= 0.3 is 5.97 Å². The zero-order valence-electron chi connectivity index (χ0n) is 27.4. The second-order valence-corrected chi connectivity index (χ2v) is 16.6. The number of esters is 1. The molecule has 3 aromatic heterocycles. The van der Waals surface area contributed by atoms with E-state index in [1.54, 1.807) is 46.1 Å². The van der Waals surface area contributed by atoms with Gasteiger partial charge in [0, 0.05) is 46.2 Å². The summed E-state index contributed by atoms with van der Waals surface area (Å²) >= 11 is 6.36. The minimum atomic E-state index is -1.96. The van der Waals surface area contributed by atoms with E-state index >= 15 is 4.39 Å². The van der Waals surface area contributed by atoms with Gasteiger partial charge in [-0.15, -0.1) is 0 Å². The number of nitrogens with two attached hydrogens (primary N) is 1. The molecule has 3 aliphatic rings. The van der Waals surface area contributed by atoms with Crippen LogP contribution in [0.2, 0.25) is 5.28 Å². The van der Waals surface area contributed by atoms with E-state index in [9.17, 15) is 14.7 Å². The van der Waals surface area contributed by atoms with Crippen LogP contribution in [0.3, 0.4) is 0 Å². The number of cyclic esters (lactones) is 1. The molecule has 0 radical (unpaired) electrons. The molecule has 49 heavy (non-hydrogen) atoms. The van der Waals surface area contributed by atoms with E-state index < -0.39 is 11.6 Å². The van der Waals surface area contributed by atoms with Gasteiger partial charge in [-0.25, -0.2) is 14.2 Å². The Labute approximate surface area is 294 Å². The van der Waals surface area contributed by atoms with Crippen molar-refractivity contribution < 1.29 is 19.0 Å². The summed E-state index contributed by atoms with van der Waals surface area (Å²) in [4.78, 5) is 44.7. The van der Waals surface area contributed by atoms with Crippen LogP contribution in [0.5, 0.6) is 0 Å². The number of aliphatic hydroxyl groups is 1. The molecule has 5 N–H and O–H groups in total. The lowest BCUT2D eigenvalue weighted by Gasteiger charge is -2.31. The molecule has 1 aromatic carbocycles. The minimum absolute atomic E-state index is 0.0234. The highest BCUT2D eigenvalue weighted by Gasteiger charge is 2.46. The lowest BCUT2D eigenvalue weighted by Crippen LogP contribution is -2.44. The van der Waals surface area contributed by atoms with Gasteiger partial charge in [-0.3, -0.25) is 4.79 Å². The number of carbonyl (C=O) groups excluding carboxylic acids is 1. The number of benzene rings is 1. The van der Waals surface area contributed by atoms with Crippen LogP contribution in [0, 0.1) is 12.7 Å². The highest BCUT2D eigenvalue weighted by Crippen LogP contribution is 2.46. The van der Waals surface area contributed by atoms with E-state index in [1.807, 2.05) is 0 Å². The average molecular weight is 727 g/mol. The molecule has 0 bridgehead atoms. The zero-order chi connectivity index (χ0) is 34.8. The number of carbonyl (C=O) groups is 1. The number of nitrogens with zero attached hydrogens (tertiary/aromatic N) is 5. The minimum Gasteiger partial charge on any atom is -0.458 e. The smallest absolute Gasteiger partial charge is 0.343 e. The number of hydrogen-bond acceptors (Lipinski definition) is 13. The van der Waals surface area contributed by atoms with Crippen LogP contribution in [0.15, 0.2) is 16.9 Å². The summed E-state index contributed by atoms with van der Waals surface area (Å²) in [6, 6.07) is 2.74. The molecule has 0 saturated carbocycles.